The van der Waals surface area contributed by atoms with E-state index in [9.17, 15) is 14.0 Å². The Hall–Kier alpha value is -3.53. The van der Waals surface area contributed by atoms with Gasteiger partial charge in [0.05, 0.1) is 30.7 Å². The van der Waals surface area contributed by atoms with E-state index >= 15 is 0 Å². The molecule has 33 heavy (non-hydrogen) atoms. The van der Waals surface area contributed by atoms with E-state index in [0.29, 0.717) is 16.9 Å². The minimum absolute atomic E-state index is 0.205. The zero-order chi connectivity index (χ0) is 23.4. The van der Waals surface area contributed by atoms with Crippen molar-refractivity contribution in [2.45, 2.75) is 13.0 Å². The van der Waals surface area contributed by atoms with Gasteiger partial charge < -0.3 is 15.0 Å². The van der Waals surface area contributed by atoms with Crippen LogP contribution in [0.5, 0.6) is 0 Å². The minimum atomic E-state index is -0.570. The van der Waals surface area contributed by atoms with Crippen LogP contribution in [0.4, 0.5) is 14.9 Å². The van der Waals surface area contributed by atoms with E-state index in [1.807, 2.05) is 11.1 Å². The zero-order valence-corrected chi connectivity index (χ0v) is 18.7. The van der Waals surface area contributed by atoms with Gasteiger partial charge in [-0.15, -0.1) is 0 Å². The Labute approximate surface area is 191 Å². The third kappa shape index (κ3) is 5.64. The lowest BCUT2D eigenvalue weighted by atomic mass is 10.1. The number of aromatic nitrogens is 1. The van der Waals surface area contributed by atoms with E-state index < -0.39 is 18.0 Å². The molecule has 4 rings (SSSR count). The van der Waals surface area contributed by atoms with Crippen LogP contribution in [0.1, 0.15) is 12.5 Å². The summed E-state index contributed by atoms with van der Waals surface area (Å²) in [4.78, 5) is 31.2. The van der Waals surface area contributed by atoms with Crippen molar-refractivity contribution in [3.63, 3.8) is 0 Å². The number of amides is 2. The van der Waals surface area contributed by atoms with Gasteiger partial charge in [-0.2, -0.15) is 5.10 Å². The number of hydrogen-bond donors (Lipinski definition) is 1. The van der Waals surface area contributed by atoms with E-state index in [0.717, 1.165) is 31.7 Å². The average molecular weight is 455 g/mol. The monoisotopic (exact) mass is 454 g/mol. The van der Waals surface area contributed by atoms with Gasteiger partial charge in [0.2, 0.25) is 5.91 Å². The molecule has 1 N–H and O–H groups in total. The summed E-state index contributed by atoms with van der Waals surface area (Å²) in [7, 11) is 2.09. The summed E-state index contributed by atoms with van der Waals surface area (Å²) in [5.41, 5.74) is 2.05. The maximum absolute atomic E-state index is 14.9. The van der Waals surface area contributed by atoms with Crippen LogP contribution in [0.15, 0.2) is 41.6 Å². The summed E-state index contributed by atoms with van der Waals surface area (Å²) >= 11 is 0. The molecule has 2 saturated heterocycles. The summed E-state index contributed by atoms with van der Waals surface area (Å²) in [6, 6.07) is 8.14. The number of hydrogen-bond acceptors (Lipinski definition) is 7. The smallest absolute Gasteiger partial charge is 0.414 e. The van der Waals surface area contributed by atoms with E-state index in [4.69, 9.17) is 4.74 Å². The second-order valence-electron chi connectivity index (χ2n) is 8.20. The molecule has 0 spiro atoms. The van der Waals surface area contributed by atoms with E-state index in [2.05, 4.69) is 27.3 Å². The summed E-state index contributed by atoms with van der Waals surface area (Å²) in [6.07, 6.45) is 2.37. The average Bonchev–Trinajstić information content (AvgIpc) is 3.18. The summed E-state index contributed by atoms with van der Waals surface area (Å²) in [5, 5.41) is 9.14. The molecule has 2 fully saturated rings. The fraction of sp³-hybridized carbons (Fsp3) is 0.391. The van der Waals surface area contributed by atoms with Gasteiger partial charge in [0, 0.05) is 50.4 Å². The quantitative estimate of drug-likeness (QED) is 0.671. The van der Waals surface area contributed by atoms with Crippen LogP contribution in [-0.4, -0.2) is 85.5 Å². The Balaban J connectivity index is 1.41. The van der Waals surface area contributed by atoms with Crippen LogP contribution in [-0.2, 0) is 9.53 Å². The molecule has 2 amide bonds. The SMILES string of the molecule is CC(=O)NC[C@H]1CN(c2ccc(-c3ccc(/C=N/N4CCN(C)CC4)cn3)c(F)c2)C(=O)O1. The molecule has 2 aromatic rings. The minimum Gasteiger partial charge on any atom is -0.442 e. The highest BCUT2D eigenvalue weighted by Crippen LogP contribution is 2.28. The Morgan fingerprint density at radius 2 is 2.06 bits per heavy atom. The third-order valence-electron chi connectivity index (χ3n) is 5.63. The number of likely N-dealkylation sites (N-methyl/N-ethyl adjacent to an activating group) is 1. The molecule has 0 radical (unpaired) electrons. The highest BCUT2D eigenvalue weighted by atomic mass is 19.1. The van der Waals surface area contributed by atoms with Crippen LogP contribution < -0.4 is 10.2 Å². The fourth-order valence-electron chi connectivity index (χ4n) is 3.68. The number of anilines is 1. The number of piperazine rings is 1. The first-order valence-corrected chi connectivity index (χ1v) is 10.8. The molecular formula is C23H27FN6O3. The highest BCUT2D eigenvalue weighted by Gasteiger charge is 2.32. The molecule has 2 aliphatic heterocycles. The number of nitrogens with zero attached hydrogens (tertiary/aromatic N) is 5. The second kappa shape index (κ2) is 9.95. The standard InChI is InChI=1S/C23H27FN6O3/c1-16(31)25-14-19-15-30(23(32)33-19)18-4-5-20(21(24)11-18)22-6-3-17(12-26-22)13-27-29-9-7-28(2)8-10-29/h3-6,11-13,19H,7-10,14-15H2,1-2H3,(H,25,31)/b27-13+/t19-/m0/s1. The summed E-state index contributed by atoms with van der Waals surface area (Å²) in [5.74, 6) is -0.694. The molecule has 3 heterocycles. The molecular weight excluding hydrogens is 427 g/mol. The van der Waals surface area contributed by atoms with Crippen LogP contribution in [0.2, 0.25) is 0 Å². The maximum Gasteiger partial charge on any atom is 0.414 e. The maximum atomic E-state index is 14.9. The van der Waals surface area contributed by atoms with Gasteiger partial charge in [-0.3, -0.25) is 19.7 Å². The number of ether oxygens (including phenoxy) is 1. The van der Waals surface area contributed by atoms with Gasteiger partial charge in [-0.05, 0) is 37.4 Å². The van der Waals surface area contributed by atoms with E-state index in [1.165, 1.54) is 17.9 Å². The van der Waals surface area contributed by atoms with Crippen molar-refractivity contribution in [3.8, 4) is 11.3 Å². The van der Waals surface area contributed by atoms with Crippen LogP contribution >= 0.6 is 0 Å². The number of halogens is 1. The Morgan fingerprint density at radius 3 is 2.73 bits per heavy atom. The molecule has 2 aliphatic rings. The van der Waals surface area contributed by atoms with Crippen molar-refractivity contribution in [2.24, 2.45) is 5.10 Å². The lowest BCUT2D eigenvalue weighted by Crippen LogP contribution is -2.41. The van der Waals surface area contributed by atoms with Crippen molar-refractivity contribution < 1.29 is 18.7 Å². The van der Waals surface area contributed by atoms with Gasteiger partial charge in [0.1, 0.15) is 11.9 Å². The van der Waals surface area contributed by atoms with Crippen molar-refractivity contribution in [2.75, 3.05) is 51.2 Å². The molecule has 1 atom stereocenters. The normalized spacial score (nSPS) is 19.2. The lowest BCUT2D eigenvalue weighted by Gasteiger charge is -2.30. The van der Waals surface area contributed by atoms with Crippen molar-refractivity contribution in [1.29, 1.82) is 0 Å². The number of carbonyl (C=O) groups excluding carboxylic acids is 2. The predicted octanol–water partition coefficient (Wildman–Crippen LogP) is 1.93. The number of nitrogens with one attached hydrogen (secondary N) is 1. The first-order chi connectivity index (χ1) is 15.9. The highest BCUT2D eigenvalue weighted by molar-refractivity contribution is 5.90. The molecule has 0 aliphatic carbocycles. The van der Waals surface area contributed by atoms with Gasteiger partial charge in [0.25, 0.3) is 0 Å². The number of rotatable bonds is 6. The van der Waals surface area contributed by atoms with Gasteiger partial charge in [-0.25, -0.2) is 9.18 Å². The predicted molar refractivity (Wildman–Crippen MR) is 123 cm³/mol. The first-order valence-electron chi connectivity index (χ1n) is 10.8. The van der Waals surface area contributed by atoms with Crippen LogP contribution in [0.25, 0.3) is 11.3 Å². The zero-order valence-electron chi connectivity index (χ0n) is 18.7. The number of carbonyl (C=O) groups is 2. The lowest BCUT2D eigenvalue weighted by molar-refractivity contribution is -0.119. The molecule has 0 saturated carbocycles. The topological polar surface area (TPSA) is 90.4 Å². The number of pyridine rings is 1. The van der Waals surface area contributed by atoms with Crippen LogP contribution in [0.3, 0.4) is 0 Å². The number of hydrazone groups is 1. The van der Waals surface area contributed by atoms with Crippen molar-refractivity contribution in [3.05, 3.63) is 47.9 Å². The number of cyclic esters (lactones) is 1. The third-order valence-corrected chi connectivity index (χ3v) is 5.63. The first kappa shape index (κ1) is 22.7. The summed E-state index contributed by atoms with van der Waals surface area (Å²) < 4.78 is 20.1. The Kier molecular flexibility index (Phi) is 6.83. The molecule has 0 bridgehead atoms. The Morgan fingerprint density at radius 1 is 1.27 bits per heavy atom. The van der Waals surface area contributed by atoms with Gasteiger partial charge >= 0.3 is 6.09 Å². The van der Waals surface area contributed by atoms with Gasteiger partial charge in [0.15, 0.2) is 0 Å². The van der Waals surface area contributed by atoms with E-state index in [-0.39, 0.29) is 19.0 Å². The van der Waals surface area contributed by atoms with Gasteiger partial charge in [-0.1, -0.05) is 0 Å². The second-order valence-corrected chi connectivity index (χ2v) is 8.20. The molecule has 1 aromatic heterocycles. The number of benzene rings is 1. The van der Waals surface area contributed by atoms with Crippen molar-refractivity contribution >= 4 is 23.9 Å². The molecule has 1 aromatic carbocycles. The fourth-order valence-corrected chi connectivity index (χ4v) is 3.68. The molecule has 9 nitrogen and oxygen atoms in total. The summed E-state index contributed by atoms with van der Waals surface area (Å²) in [6.45, 7) is 5.57. The molecule has 174 valence electrons. The Bertz CT molecular complexity index is 1040. The van der Waals surface area contributed by atoms with Crippen molar-refractivity contribution in [1.82, 2.24) is 20.2 Å². The van der Waals surface area contributed by atoms with Crippen LogP contribution in [0, 0.1) is 5.82 Å². The molecule has 10 heteroatoms. The largest absolute Gasteiger partial charge is 0.442 e. The van der Waals surface area contributed by atoms with E-state index in [1.54, 1.807) is 30.6 Å². The molecule has 0 unspecified atom stereocenters.